The summed E-state index contributed by atoms with van der Waals surface area (Å²) in [6.07, 6.45) is 1.50. The van der Waals surface area contributed by atoms with E-state index in [1.807, 2.05) is 41.0 Å². The molecule has 0 spiro atoms. The van der Waals surface area contributed by atoms with Crippen molar-refractivity contribution >= 4 is 17.7 Å². The van der Waals surface area contributed by atoms with E-state index < -0.39 is 5.97 Å². The molecule has 1 amide bonds. The highest BCUT2D eigenvalue weighted by Gasteiger charge is 2.23. The Hall–Kier alpha value is -2.89. The molecule has 1 fully saturated rings. The summed E-state index contributed by atoms with van der Waals surface area (Å²) < 4.78 is 0. The number of aromatic carboxylic acids is 1. The summed E-state index contributed by atoms with van der Waals surface area (Å²) >= 11 is 0. The van der Waals surface area contributed by atoms with E-state index in [9.17, 15) is 9.59 Å². The van der Waals surface area contributed by atoms with E-state index in [1.165, 1.54) is 12.3 Å². The number of aryl methyl sites for hydroxylation is 1. The van der Waals surface area contributed by atoms with E-state index in [0.717, 1.165) is 5.56 Å². The molecule has 1 saturated heterocycles. The lowest BCUT2D eigenvalue weighted by atomic mass is 10.1. The number of carboxylic acid groups (broad SMARTS) is 1. The van der Waals surface area contributed by atoms with Gasteiger partial charge in [0, 0.05) is 37.9 Å². The Kier molecular flexibility index (Phi) is 4.46. The van der Waals surface area contributed by atoms with Gasteiger partial charge in [-0.1, -0.05) is 17.7 Å². The average molecular weight is 325 g/mol. The van der Waals surface area contributed by atoms with Gasteiger partial charge in [-0.15, -0.1) is 0 Å². The summed E-state index contributed by atoms with van der Waals surface area (Å²) in [5, 5.41) is 9.07. The summed E-state index contributed by atoms with van der Waals surface area (Å²) in [4.78, 5) is 31.6. The molecule has 0 saturated carbocycles. The van der Waals surface area contributed by atoms with Crippen LogP contribution in [0.25, 0.3) is 0 Å². The Morgan fingerprint density at radius 2 is 1.67 bits per heavy atom. The average Bonchev–Trinajstić information content (AvgIpc) is 2.62. The number of carboxylic acids is 1. The summed E-state index contributed by atoms with van der Waals surface area (Å²) in [5.74, 6) is -0.300. The topological polar surface area (TPSA) is 73.7 Å². The van der Waals surface area contributed by atoms with Crippen LogP contribution in [0.3, 0.4) is 0 Å². The second kappa shape index (κ2) is 6.70. The fourth-order valence-corrected chi connectivity index (χ4v) is 2.74. The van der Waals surface area contributed by atoms with Crippen LogP contribution in [0.4, 0.5) is 5.82 Å². The van der Waals surface area contributed by atoms with Crippen LogP contribution in [-0.4, -0.2) is 53.0 Å². The van der Waals surface area contributed by atoms with Crippen LogP contribution in [0.5, 0.6) is 0 Å². The second-order valence-corrected chi connectivity index (χ2v) is 5.85. The first-order chi connectivity index (χ1) is 11.5. The zero-order chi connectivity index (χ0) is 17.1. The van der Waals surface area contributed by atoms with Gasteiger partial charge in [0.1, 0.15) is 5.82 Å². The molecule has 1 N–H and O–H groups in total. The molecule has 0 atom stereocenters. The zero-order valence-electron chi connectivity index (χ0n) is 13.5. The zero-order valence-corrected chi connectivity index (χ0v) is 13.5. The number of benzene rings is 1. The number of hydrogen-bond donors (Lipinski definition) is 1. The van der Waals surface area contributed by atoms with Crippen LogP contribution in [0, 0.1) is 6.92 Å². The number of anilines is 1. The molecule has 2 aromatic rings. The highest BCUT2D eigenvalue weighted by molar-refractivity contribution is 5.94. The monoisotopic (exact) mass is 325 g/mol. The third kappa shape index (κ3) is 3.37. The molecule has 0 aliphatic carbocycles. The van der Waals surface area contributed by atoms with Gasteiger partial charge in [0.15, 0.2) is 0 Å². The van der Waals surface area contributed by atoms with Crippen LogP contribution in [0.2, 0.25) is 0 Å². The molecule has 124 valence electrons. The summed E-state index contributed by atoms with van der Waals surface area (Å²) in [6, 6.07) is 10.6. The van der Waals surface area contributed by atoms with Crippen molar-refractivity contribution < 1.29 is 14.7 Å². The minimum absolute atomic E-state index is 0.0295. The van der Waals surface area contributed by atoms with Gasteiger partial charge in [-0.2, -0.15) is 0 Å². The molecule has 24 heavy (non-hydrogen) atoms. The van der Waals surface area contributed by atoms with Gasteiger partial charge >= 0.3 is 5.97 Å². The molecule has 3 rings (SSSR count). The van der Waals surface area contributed by atoms with Gasteiger partial charge in [-0.3, -0.25) is 4.79 Å². The first kappa shape index (κ1) is 16.0. The van der Waals surface area contributed by atoms with Crippen LogP contribution in [0.15, 0.2) is 42.6 Å². The number of pyridine rings is 1. The van der Waals surface area contributed by atoms with E-state index in [0.29, 0.717) is 37.6 Å². The first-order valence-corrected chi connectivity index (χ1v) is 7.85. The minimum Gasteiger partial charge on any atom is -0.478 e. The standard InChI is InChI=1S/C18H19N3O3/c1-13-2-4-14(5-3-13)17(22)21-10-8-20(9-11-21)16-12-15(18(23)24)6-7-19-16/h2-7,12H,8-11H2,1H3,(H,23,24). The summed E-state index contributed by atoms with van der Waals surface area (Å²) in [7, 11) is 0. The molecule has 6 heteroatoms. The van der Waals surface area contributed by atoms with Crippen molar-refractivity contribution in [2.45, 2.75) is 6.92 Å². The number of amides is 1. The lowest BCUT2D eigenvalue weighted by Gasteiger charge is -2.35. The van der Waals surface area contributed by atoms with Crippen molar-refractivity contribution in [1.82, 2.24) is 9.88 Å². The van der Waals surface area contributed by atoms with Gasteiger partial charge in [0.2, 0.25) is 0 Å². The maximum atomic E-state index is 12.5. The lowest BCUT2D eigenvalue weighted by Crippen LogP contribution is -2.49. The Morgan fingerprint density at radius 3 is 2.29 bits per heavy atom. The fraction of sp³-hybridized carbons (Fsp3) is 0.278. The van der Waals surface area contributed by atoms with Gasteiger partial charge < -0.3 is 14.9 Å². The van der Waals surface area contributed by atoms with Gasteiger partial charge in [0.25, 0.3) is 5.91 Å². The molecular formula is C18H19N3O3. The third-order valence-corrected chi connectivity index (χ3v) is 4.18. The molecule has 2 heterocycles. The molecule has 1 aromatic heterocycles. The number of aromatic nitrogens is 1. The van der Waals surface area contributed by atoms with Gasteiger partial charge in [-0.05, 0) is 31.2 Å². The second-order valence-electron chi connectivity index (χ2n) is 5.85. The predicted octanol–water partition coefficient (Wildman–Crippen LogP) is 2.05. The smallest absolute Gasteiger partial charge is 0.335 e. The van der Waals surface area contributed by atoms with Crippen LogP contribution >= 0.6 is 0 Å². The van der Waals surface area contributed by atoms with Crippen molar-refractivity contribution in [3.63, 3.8) is 0 Å². The Balaban J connectivity index is 1.65. The highest BCUT2D eigenvalue weighted by atomic mass is 16.4. The maximum Gasteiger partial charge on any atom is 0.335 e. The van der Waals surface area contributed by atoms with Crippen molar-refractivity contribution in [3.05, 3.63) is 59.3 Å². The van der Waals surface area contributed by atoms with E-state index in [4.69, 9.17) is 5.11 Å². The van der Waals surface area contributed by atoms with Crippen LogP contribution < -0.4 is 4.90 Å². The summed E-state index contributed by atoms with van der Waals surface area (Å²) in [5.41, 5.74) is 2.04. The molecule has 0 radical (unpaired) electrons. The Bertz CT molecular complexity index is 750. The van der Waals surface area contributed by atoms with E-state index >= 15 is 0 Å². The number of hydrogen-bond acceptors (Lipinski definition) is 4. The Morgan fingerprint density at radius 1 is 1.00 bits per heavy atom. The number of carbonyl (C=O) groups is 2. The van der Waals surface area contributed by atoms with Crippen LogP contribution in [0.1, 0.15) is 26.3 Å². The third-order valence-electron chi connectivity index (χ3n) is 4.18. The van der Waals surface area contributed by atoms with Crippen molar-refractivity contribution in [2.75, 3.05) is 31.1 Å². The normalized spacial score (nSPS) is 14.5. The number of rotatable bonds is 3. The highest BCUT2D eigenvalue weighted by Crippen LogP contribution is 2.16. The van der Waals surface area contributed by atoms with Crippen molar-refractivity contribution in [1.29, 1.82) is 0 Å². The quantitative estimate of drug-likeness (QED) is 0.935. The molecule has 0 unspecified atom stereocenters. The SMILES string of the molecule is Cc1ccc(C(=O)N2CCN(c3cc(C(=O)O)ccn3)CC2)cc1. The van der Waals surface area contributed by atoms with E-state index in [1.54, 1.807) is 6.07 Å². The first-order valence-electron chi connectivity index (χ1n) is 7.85. The minimum atomic E-state index is -0.966. The van der Waals surface area contributed by atoms with E-state index in [-0.39, 0.29) is 11.5 Å². The Labute approximate surface area is 140 Å². The molecule has 6 nitrogen and oxygen atoms in total. The largest absolute Gasteiger partial charge is 0.478 e. The maximum absolute atomic E-state index is 12.5. The number of nitrogens with zero attached hydrogens (tertiary/aromatic N) is 3. The fourth-order valence-electron chi connectivity index (χ4n) is 2.74. The molecule has 1 aliphatic rings. The number of piperazine rings is 1. The van der Waals surface area contributed by atoms with Crippen molar-refractivity contribution in [3.8, 4) is 0 Å². The molecule has 0 bridgehead atoms. The molecular weight excluding hydrogens is 306 g/mol. The predicted molar refractivity (Wildman–Crippen MR) is 90.5 cm³/mol. The van der Waals surface area contributed by atoms with Gasteiger partial charge in [0.05, 0.1) is 5.56 Å². The summed E-state index contributed by atoms with van der Waals surface area (Å²) in [6.45, 7) is 4.43. The number of carbonyl (C=O) groups excluding carboxylic acids is 1. The van der Waals surface area contributed by atoms with Gasteiger partial charge in [-0.25, -0.2) is 9.78 Å². The van der Waals surface area contributed by atoms with Crippen LogP contribution in [-0.2, 0) is 0 Å². The molecule has 1 aromatic carbocycles. The lowest BCUT2D eigenvalue weighted by molar-refractivity contribution is 0.0696. The van der Waals surface area contributed by atoms with Crippen molar-refractivity contribution in [2.24, 2.45) is 0 Å². The molecule has 1 aliphatic heterocycles. The van der Waals surface area contributed by atoms with E-state index in [2.05, 4.69) is 4.98 Å².